The van der Waals surface area contributed by atoms with Crippen molar-refractivity contribution in [3.05, 3.63) is 47.5 Å². The molecule has 3 rings (SSSR count). The molecule has 1 aromatic carbocycles. The second kappa shape index (κ2) is 6.67. The Morgan fingerprint density at radius 2 is 2.12 bits per heavy atom. The highest BCUT2D eigenvalue weighted by Gasteiger charge is 2.22. The molecular weight excluding hydrogens is 308 g/mol. The summed E-state index contributed by atoms with van der Waals surface area (Å²) in [7, 11) is 0. The van der Waals surface area contributed by atoms with Gasteiger partial charge in [0.25, 0.3) is 5.91 Å². The molecule has 124 valence electrons. The van der Waals surface area contributed by atoms with Crippen molar-refractivity contribution in [2.45, 2.75) is 13.8 Å². The molecule has 7 heteroatoms. The van der Waals surface area contributed by atoms with E-state index < -0.39 is 0 Å². The first-order valence-corrected chi connectivity index (χ1v) is 7.57. The second-order valence-corrected chi connectivity index (χ2v) is 5.41. The van der Waals surface area contributed by atoms with Crippen molar-refractivity contribution in [1.29, 1.82) is 0 Å². The van der Waals surface area contributed by atoms with Crippen LogP contribution in [0.2, 0.25) is 0 Å². The molecule has 3 N–H and O–H groups in total. The van der Waals surface area contributed by atoms with Gasteiger partial charge in [0.1, 0.15) is 17.9 Å². The second-order valence-electron chi connectivity index (χ2n) is 5.41. The van der Waals surface area contributed by atoms with Crippen LogP contribution in [0.3, 0.4) is 0 Å². The van der Waals surface area contributed by atoms with Crippen LogP contribution < -0.4 is 10.6 Å². The fraction of sp³-hybridized carbons (Fsp3) is 0.235. The number of aromatic nitrogens is 2. The minimum atomic E-state index is -0.331. The standard InChI is InChI=1S/C17H18N4O3/c1-10-4-3-5-12(8-10)21-15-14-13(16(23)18-6-7-22)11(2)24-17(14)20-9-19-15/h3-5,8-9,22H,6-7H2,1-2H3,(H,18,23)(H,19,20,21). The number of hydrogen-bond acceptors (Lipinski definition) is 6. The van der Waals surface area contributed by atoms with Gasteiger partial charge in [-0.15, -0.1) is 0 Å². The molecule has 0 fully saturated rings. The number of rotatable bonds is 5. The highest BCUT2D eigenvalue weighted by Crippen LogP contribution is 2.30. The van der Waals surface area contributed by atoms with Gasteiger partial charge in [0.05, 0.1) is 17.6 Å². The van der Waals surface area contributed by atoms with Gasteiger partial charge in [0.2, 0.25) is 5.71 Å². The van der Waals surface area contributed by atoms with Crippen molar-refractivity contribution < 1.29 is 14.3 Å². The largest absolute Gasteiger partial charge is 0.442 e. The molecule has 0 aliphatic heterocycles. The summed E-state index contributed by atoms with van der Waals surface area (Å²) in [5.41, 5.74) is 2.67. The number of furan rings is 1. The molecule has 0 bridgehead atoms. The molecule has 0 saturated carbocycles. The number of carbonyl (C=O) groups is 1. The van der Waals surface area contributed by atoms with Gasteiger partial charge in [0, 0.05) is 12.2 Å². The first-order valence-electron chi connectivity index (χ1n) is 7.57. The lowest BCUT2D eigenvalue weighted by molar-refractivity contribution is 0.0944. The molecular formula is C17H18N4O3. The van der Waals surface area contributed by atoms with Crippen molar-refractivity contribution in [1.82, 2.24) is 15.3 Å². The Bertz CT molecular complexity index is 889. The van der Waals surface area contributed by atoms with E-state index in [1.54, 1.807) is 6.92 Å². The first kappa shape index (κ1) is 15.9. The van der Waals surface area contributed by atoms with Crippen molar-refractivity contribution in [3.63, 3.8) is 0 Å². The number of anilines is 2. The topological polar surface area (TPSA) is 100 Å². The lowest BCUT2D eigenvalue weighted by Gasteiger charge is -2.08. The Morgan fingerprint density at radius 3 is 2.88 bits per heavy atom. The highest BCUT2D eigenvalue weighted by atomic mass is 16.3. The van der Waals surface area contributed by atoms with Crippen LogP contribution in [0.25, 0.3) is 11.1 Å². The highest BCUT2D eigenvalue weighted by molar-refractivity contribution is 6.10. The number of benzene rings is 1. The minimum absolute atomic E-state index is 0.133. The summed E-state index contributed by atoms with van der Waals surface area (Å²) in [6, 6.07) is 7.83. The Balaban J connectivity index is 2.06. The Labute approximate surface area is 138 Å². The summed E-state index contributed by atoms with van der Waals surface area (Å²) in [6.45, 7) is 3.73. The van der Waals surface area contributed by atoms with E-state index in [2.05, 4.69) is 20.6 Å². The number of aryl methyl sites for hydroxylation is 2. The van der Waals surface area contributed by atoms with E-state index in [0.29, 0.717) is 28.2 Å². The van der Waals surface area contributed by atoms with Crippen LogP contribution >= 0.6 is 0 Å². The Morgan fingerprint density at radius 1 is 1.29 bits per heavy atom. The lowest BCUT2D eigenvalue weighted by Crippen LogP contribution is -2.26. The molecule has 7 nitrogen and oxygen atoms in total. The van der Waals surface area contributed by atoms with E-state index in [1.807, 2.05) is 31.2 Å². The summed E-state index contributed by atoms with van der Waals surface area (Å²) in [6.07, 6.45) is 1.39. The number of aliphatic hydroxyl groups excluding tert-OH is 1. The monoisotopic (exact) mass is 326 g/mol. The van der Waals surface area contributed by atoms with Crippen molar-refractivity contribution in [2.24, 2.45) is 0 Å². The molecule has 2 heterocycles. The minimum Gasteiger partial charge on any atom is -0.442 e. The van der Waals surface area contributed by atoms with Gasteiger partial charge < -0.3 is 20.2 Å². The SMILES string of the molecule is Cc1cccc(Nc2ncnc3oc(C)c(C(=O)NCCO)c23)c1. The van der Waals surface area contributed by atoms with Gasteiger partial charge in [-0.2, -0.15) is 0 Å². The van der Waals surface area contributed by atoms with Gasteiger partial charge in [-0.3, -0.25) is 4.79 Å². The van der Waals surface area contributed by atoms with Gasteiger partial charge in [-0.05, 0) is 31.5 Å². The van der Waals surface area contributed by atoms with Gasteiger partial charge in [0.15, 0.2) is 0 Å². The van der Waals surface area contributed by atoms with Crippen LogP contribution in [0.4, 0.5) is 11.5 Å². The van der Waals surface area contributed by atoms with E-state index in [9.17, 15) is 4.79 Å². The average molecular weight is 326 g/mol. The zero-order valence-electron chi connectivity index (χ0n) is 13.5. The third-order valence-corrected chi connectivity index (χ3v) is 3.57. The van der Waals surface area contributed by atoms with Gasteiger partial charge in [-0.25, -0.2) is 9.97 Å². The molecule has 0 aliphatic carbocycles. The van der Waals surface area contributed by atoms with Crippen LogP contribution in [-0.4, -0.2) is 34.1 Å². The fourth-order valence-corrected chi connectivity index (χ4v) is 2.53. The molecule has 0 saturated heterocycles. The van der Waals surface area contributed by atoms with E-state index in [-0.39, 0.29) is 19.1 Å². The number of hydrogen-bond donors (Lipinski definition) is 3. The summed E-state index contributed by atoms with van der Waals surface area (Å²) in [5, 5.41) is 15.3. The maximum atomic E-state index is 12.4. The van der Waals surface area contributed by atoms with E-state index in [1.165, 1.54) is 6.33 Å². The molecule has 2 aromatic heterocycles. The molecule has 0 unspecified atom stereocenters. The Kier molecular flexibility index (Phi) is 4.43. The number of fused-ring (bicyclic) bond motifs is 1. The maximum Gasteiger partial charge on any atom is 0.255 e. The van der Waals surface area contributed by atoms with Crippen LogP contribution in [0.15, 0.2) is 35.0 Å². The van der Waals surface area contributed by atoms with Crippen LogP contribution in [0.1, 0.15) is 21.7 Å². The van der Waals surface area contributed by atoms with Crippen LogP contribution in [-0.2, 0) is 0 Å². The van der Waals surface area contributed by atoms with Crippen LogP contribution in [0.5, 0.6) is 0 Å². The molecule has 0 spiro atoms. The predicted molar refractivity (Wildman–Crippen MR) is 90.4 cm³/mol. The molecule has 0 aliphatic rings. The number of carbonyl (C=O) groups excluding carboxylic acids is 1. The predicted octanol–water partition coefficient (Wildman–Crippen LogP) is 2.31. The molecule has 1 amide bonds. The van der Waals surface area contributed by atoms with Crippen molar-refractivity contribution >= 4 is 28.5 Å². The van der Waals surface area contributed by atoms with E-state index in [0.717, 1.165) is 11.3 Å². The first-order chi connectivity index (χ1) is 11.6. The number of amides is 1. The lowest BCUT2D eigenvalue weighted by atomic mass is 10.1. The number of nitrogens with zero attached hydrogens (tertiary/aromatic N) is 2. The molecule has 24 heavy (non-hydrogen) atoms. The van der Waals surface area contributed by atoms with Gasteiger partial charge >= 0.3 is 0 Å². The smallest absolute Gasteiger partial charge is 0.255 e. The zero-order chi connectivity index (χ0) is 17.1. The average Bonchev–Trinajstić information content (AvgIpc) is 2.90. The molecule has 0 radical (unpaired) electrons. The fourth-order valence-electron chi connectivity index (χ4n) is 2.53. The molecule has 3 aromatic rings. The third-order valence-electron chi connectivity index (χ3n) is 3.57. The summed E-state index contributed by atoms with van der Waals surface area (Å²) < 4.78 is 5.59. The number of nitrogens with one attached hydrogen (secondary N) is 2. The summed E-state index contributed by atoms with van der Waals surface area (Å²) in [5.74, 6) is 0.618. The normalized spacial score (nSPS) is 10.8. The van der Waals surface area contributed by atoms with E-state index >= 15 is 0 Å². The quantitative estimate of drug-likeness (QED) is 0.665. The number of aliphatic hydroxyl groups is 1. The van der Waals surface area contributed by atoms with Crippen molar-refractivity contribution in [3.8, 4) is 0 Å². The zero-order valence-corrected chi connectivity index (χ0v) is 13.5. The Hall–Kier alpha value is -2.93. The summed E-state index contributed by atoms with van der Waals surface area (Å²) in [4.78, 5) is 20.7. The van der Waals surface area contributed by atoms with E-state index in [4.69, 9.17) is 9.52 Å². The summed E-state index contributed by atoms with van der Waals surface area (Å²) >= 11 is 0. The van der Waals surface area contributed by atoms with Gasteiger partial charge in [-0.1, -0.05) is 12.1 Å². The third kappa shape index (κ3) is 3.07. The van der Waals surface area contributed by atoms with Crippen LogP contribution in [0, 0.1) is 13.8 Å². The maximum absolute atomic E-state index is 12.4. The van der Waals surface area contributed by atoms with Crippen molar-refractivity contribution in [2.75, 3.05) is 18.5 Å². The molecule has 0 atom stereocenters.